The Morgan fingerprint density at radius 1 is 0.748 bits per heavy atom. The molecule has 8 N–H and O–H groups in total. The van der Waals surface area contributed by atoms with Crippen LogP contribution in [0.15, 0.2) is 66.2 Å². The SMILES string of the molecule is CCC[C@@H](C)SC1CC(=O)N(CCCCCC(=O)N[C@H](C(=O)N[C@@H](CCCNC(N)=O)C(=O)Nc2ccc(COC(=O)N(C)[C@H](C(=O)N[C@H](C(=O)N(C)[C@@H]([C@@H](C)CC)[C@@H](CC(=O)N3CCC[C@H]3[C@H](OC)[C@@H](C)C(=O)N[C@@H](Cc3ccccc3)c3nccs3)OC)C(C)C)C(C)C)cc2)C(C)C)C1=O. The van der Waals surface area contributed by atoms with E-state index in [-0.39, 0.29) is 110 Å². The number of methoxy groups -OCH3 is 2. The number of carbonyl (C=O) groups excluding carboxylic acids is 11. The Kier molecular flexibility index (Phi) is 35.8. The minimum Gasteiger partial charge on any atom is -0.445 e. The van der Waals surface area contributed by atoms with E-state index < -0.39 is 102 Å². The van der Waals surface area contributed by atoms with Gasteiger partial charge in [-0.15, -0.1) is 23.1 Å². The molecular formula is C75H116N12O14S2. The molecule has 1 unspecified atom stereocenters. The highest BCUT2D eigenvalue weighted by Gasteiger charge is 2.45. The third-order valence-corrected chi connectivity index (χ3v) is 21.8. The van der Waals surface area contributed by atoms with E-state index >= 15 is 0 Å². The van der Waals surface area contributed by atoms with Crippen LogP contribution in [0.4, 0.5) is 15.3 Å². The van der Waals surface area contributed by atoms with Crippen LogP contribution in [0, 0.1) is 29.6 Å². The molecule has 0 radical (unpaired) electrons. The Balaban J connectivity index is 1.16. The minimum atomic E-state index is -1.11. The van der Waals surface area contributed by atoms with Crippen LogP contribution in [-0.2, 0) is 70.4 Å². The highest BCUT2D eigenvalue weighted by Crippen LogP contribution is 2.33. The van der Waals surface area contributed by atoms with Crippen LogP contribution in [0.1, 0.15) is 182 Å². The standard InChI is InChI=1S/C75H116N12O14S2/c1-16-26-49(10)103-58-43-61(90)87(72(58)95)38-23-19-22-31-59(88)82-62(45(3)4)69(93)80-54(29-24-36-78-74(76)97)68(92)79-53-34-32-52(33-35-53)44-101-75(98)85(13)64(47(7)8)70(94)83-63(46(5)6)73(96)84(12)65(48(9)17-2)57(99-14)42-60(89)86-39-25-30-56(86)66(100-15)50(11)67(91)81-55(71-77-37-40-102-71)41-51-27-20-18-21-28-51/h18,20-21,27-28,32-35,37,40,45-50,54-58,62-66H,16-17,19,22-26,29-31,36,38-39,41-44H2,1-15H3,(H,79,92)(H,80,93)(H,81,91)(H,82,88)(H,83,94)(H3,76,78,97)/t48-,49+,50+,54-,55-,56-,57+,58?,62-,63-,64-,65-,66+/m0/s1. The molecule has 103 heavy (non-hydrogen) atoms. The number of carbonyl (C=O) groups is 11. The number of rotatable bonds is 43. The van der Waals surface area contributed by atoms with E-state index in [1.54, 1.807) is 93.9 Å². The normalized spacial score (nSPS) is 17.8. The van der Waals surface area contributed by atoms with Crippen LogP contribution >= 0.6 is 23.1 Å². The first-order valence-electron chi connectivity index (χ1n) is 36.5. The molecule has 13 atom stereocenters. The summed E-state index contributed by atoms with van der Waals surface area (Å²) in [6.07, 6.45) is 6.08. The van der Waals surface area contributed by atoms with E-state index in [2.05, 4.69) is 50.7 Å². The van der Waals surface area contributed by atoms with Gasteiger partial charge in [0.25, 0.3) is 0 Å². The number of thiazole rings is 1. The number of urea groups is 1. The van der Waals surface area contributed by atoms with Crippen molar-refractivity contribution < 1.29 is 67.0 Å². The lowest BCUT2D eigenvalue weighted by atomic mass is 9.89. The Bertz CT molecular complexity index is 3240. The molecule has 2 aliphatic heterocycles. The molecule has 28 heteroatoms. The van der Waals surface area contributed by atoms with Crippen LogP contribution in [-0.4, -0.2) is 197 Å². The molecule has 2 saturated heterocycles. The van der Waals surface area contributed by atoms with Crippen LogP contribution in [0.25, 0.3) is 0 Å². The number of hydrogen-bond donors (Lipinski definition) is 7. The molecule has 1 aromatic heterocycles. The molecule has 5 rings (SSSR count). The summed E-state index contributed by atoms with van der Waals surface area (Å²) in [5.74, 6) is -5.36. The third kappa shape index (κ3) is 25.9. The monoisotopic (exact) mass is 1470 g/mol. The van der Waals surface area contributed by atoms with Gasteiger partial charge in [0.15, 0.2) is 0 Å². The maximum atomic E-state index is 14.9. The number of primary amides is 1. The fourth-order valence-electron chi connectivity index (χ4n) is 13.5. The van der Waals surface area contributed by atoms with Gasteiger partial charge in [0, 0.05) is 83.3 Å². The van der Waals surface area contributed by atoms with E-state index in [1.165, 1.54) is 35.3 Å². The van der Waals surface area contributed by atoms with Crippen LogP contribution < -0.4 is 37.6 Å². The Morgan fingerprint density at radius 2 is 1.44 bits per heavy atom. The van der Waals surface area contributed by atoms with E-state index in [4.69, 9.17) is 19.9 Å². The number of ether oxygens (including phenoxy) is 3. The highest BCUT2D eigenvalue weighted by molar-refractivity contribution is 8.01. The number of likely N-dealkylation sites (tertiary alicyclic amines) is 2. The van der Waals surface area contributed by atoms with Crippen molar-refractivity contribution >= 4 is 94.1 Å². The van der Waals surface area contributed by atoms with Gasteiger partial charge >= 0.3 is 12.1 Å². The second-order valence-electron chi connectivity index (χ2n) is 28.4. The summed E-state index contributed by atoms with van der Waals surface area (Å²) in [5.41, 5.74) is 7.20. The second-order valence-corrected chi connectivity index (χ2v) is 31.0. The first-order chi connectivity index (χ1) is 49.0. The third-order valence-electron chi connectivity index (χ3n) is 19.5. The van der Waals surface area contributed by atoms with Crippen molar-refractivity contribution in [1.82, 2.24) is 51.2 Å². The van der Waals surface area contributed by atoms with Crippen molar-refractivity contribution in [3.8, 4) is 0 Å². The summed E-state index contributed by atoms with van der Waals surface area (Å²) in [6.45, 7) is 21.3. The zero-order chi connectivity index (χ0) is 76.2. The fourth-order valence-corrected chi connectivity index (χ4v) is 15.7. The molecule has 2 fully saturated rings. The van der Waals surface area contributed by atoms with Gasteiger partial charge in [-0.05, 0) is 98.3 Å². The van der Waals surface area contributed by atoms with Crippen molar-refractivity contribution in [3.05, 3.63) is 82.3 Å². The summed E-state index contributed by atoms with van der Waals surface area (Å²) < 4.78 is 18.0. The highest BCUT2D eigenvalue weighted by atomic mass is 32.2. The number of hydrogen-bond acceptors (Lipinski definition) is 17. The molecule has 572 valence electrons. The predicted octanol–water partition coefficient (Wildman–Crippen LogP) is 8.52. The number of anilines is 1. The summed E-state index contributed by atoms with van der Waals surface area (Å²) in [4.78, 5) is 161. The maximum absolute atomic E-state index is 14.9. The molecule has 0 aliphatic carbocycles. The minimum absolute atomic E-state index is 0.0755. The lowest BCUT2D eigenvalue weighted by Gasteiger charge is -2.41. The van der Waals surface area contributed by atoms with Crippen molar-refractivity contribution in [1.29, 1.82) is 0 Å². The zero-order valence-electron chi connectivity index (χ0n) is 63.2. The number of thioether (sulfide) groups is 1. The molecule has 0 spiro atoms. The predicted molar refractivity (Wildman–Crippen MR) is 399 cm³/mol. The molecule has 0 bridgehead atoms. The Labute approximate surface area is 617 Å². The summed E-state index contributed by atoms with van der Waals surface area (Å²) in [5, 5.41) is 19.7. The lowest BCUT2D eigenvalue weighted by Crippen LogP contribution is -2.60. The van der Waals surface area contributed by atoms with Crippen molar-refractivity contribution in [3.63, 3.8) is 0 Å². The number of amides is 12. The molecule has 12 amide bonds. The quantitative estimate of drug-likeness (QED) is 0.0206. The topological polar surface area (TPSA) is 340 Å². The van der Waals surface area contributed by atoms with Crippen LogP contribution in [0.5, 0.6) is 0 Å². The number of unbranched alkanes of at least 4 members (excludes halogenated alkanes) is 2. The van der Waals surface area contributed by atoms with Gasteiger partial charge in [-0.1, -0.05) is 138 Å². The largest absolute Gasteiger partial charge is 0.445 e. The summed E-state index contributed by atoms with van der Waals surface area (Å²) in [7, 11) is 6.17. The molecule has 2 aliphatic rings. The smallest absolute Gasteiger partial charge is 0.410 e. The van der Waals surface area contributed by atoms with Crippen molar-refractivity contribution in [2.45, 2.75) is 238 Å². The van der Waals surface area contributed by atoms with Crippen LogP contribution in [0.3, 0.4) is 0 Å². The molecule has 3 heterocycles. The number of likely N-dealkylation sites (N-methyl/N-ethyl adjacent to an activating group) is 2. The van der Waals surface area contributed by atoms with E-state index in [0.29, 0.717) is 62.7 Å². The van der Waals surface area contributed by atoms with Gasteiger partial charge < -0.3 is 61.6 Å². The molecule has 3 aromatic rings. The molecular weight excluding hydrogens is 1360 g/mol. The van der Waals surface area contributed by atoms with Gasteiger partial charge in [-0.3, -0.25) is 53.0 Å². The Morgan fingerprint density at radius 3 is 2.04 bits per heavy atom. The first kappa shape index (κ1) is 86.0. The van der Waals surface area contributed by atoms with Gasteiger partial charge in [-0.2, -0.15) is 0 Å². The number of aromatic nitrogens is 1. The average molecular weight is 1470 g/mol. The molecule has 0 saturated carbocycles. The van der Waals surface area contributed by atoms with Crippen molar-refractivity contribution in [2.75, 3.05) is 53.3 Å². The lowest BCUT2D eigenvalue weighted by molar-refractivity contribution is -0.148. The van der Waals surface area contributed by atoms with E-state index in [0.717, 1.165) is 23.4 Å². The summed E-state index contributed by atoms with van der Waals surface area (Å²) >= 11 is 3.02. The number of nitrogens with two attached hydrogens (primary N) is 1. The average Bonchev–Trinajstić information content (AvgIpc) is 1.80. The number of nitrogens with zero attached hydrogens (tertiary/aromatic N) is 5. The van der Waals surface area contributed by atoms with Crippen molar-refractivity contribution in [2.24, 2.45) is 35.3 Å². The molecule has 26 nitrogen and oxygen atoms in total. The van der Waals surface area contributed by atoms with Gasteiger partial charge in [0.1, 0.15) is 35.8 Å². The fraction of sp³-hybridized carbons (Fsp3) is 0.653. The number of benzene rings is 2. The number of nitrogens with one attached hydrogen (secondary N) is 6. The number of imide groups is 1. The molecule has 2 aromatic carbocycles. The van der Waals surface area contributed by atoms with Gasteiger partial charge in [0.05, 0.1) is 47.9 Å². The van der Waals surface area contributed by atoms with Gasteiger partial charge in [0.2, 0.25) is 53.2 Å². The maximum Gasteiger partial charge on any atom is 0.410 e. The zero-order valence-corrected chi connectivity index (χ0v) is 64.8. The summed E-state index contributed by atoms with van der Waals surface area (Å²) in [6, 6.07) is 9.90. The second kappa shape index (κ2) is 42.9. The first-order valence-corrected chi connectivity index (χ1v) is 38.4. The van der Waals surface area contributed by atoms with Crippen LogP contribution in [0.2, 0.25) is 0 Å². The van der Waals surface area contributed by atoms with Gasteiger partial charge in [-0.25, -0.2) is 14.6 Å². The van der Waals surface area contributed by atoms with E-state index in [1.807, 2.05) is 70.3 Å². The van der Waals surface area contributed by atoms with E-state index in [9.17, 15) is 52.7 Å². The Hall–Kier alpha value is -7.69.